The summed E-state index contributed by atoms with van der Waals surface area (Å²) in [5, 5.41) is 6.20. The molecule has 0 atom stereocenters. The summed E-state index contributed by atoms with van der Waals surface area (Å²) in [6, 6.07) is 9.76. The van der Waals surface area contributed by atoms with Gasteiger partial charge in [0.05, 0.1) is 12.0 Å². The molecule has 0 radical (unpaired) electrons. The molecule has 1 aromatic carbocycles. The van der Waals surface area contributed by atoms with Crippen LogP contribution in [0.3, 0.4) is 0 Å². The predicted molar refractivity (Wildman–Crippen MR) is 112 cm³/mol. The Morgan fingerprint density at radius 2 is 1.93 bits per heavy atom. The summed E-state index contributed by atoms with van der Waals surface area (Å²) in [7, 11) is 0. The lowest BCUT2D eigenvalue weighted by molar-refractivity contribution is 0.119. The molecule has 6 heteroatoms. The molecule has 5 rings (SSSR count). The van der Waals surface area contributed by atoms with Crippen LogP contribution < -0.4 is 5.32 Å². The molecule has 0 bridgehead atoms. The van der Waals surface area contributed by atoms with Gasteiger partial charge >= 0.3 is 0 Å². The van der Waals surface area contributed by atoms with Crippen LogP contribution >= 0.6 is 11.3 Å². The summed E-state index contributed by atoms with van der Waals surface area (Å²) < 4.78 is 6.90. The molecule has 1 saturated carbocycles. The van der Waals surface area contributed by atoms with Crippen LogP contribution in [-0.2, 0) is 4.74 Å². The lowest BCUT2D eigenvalue weighted by atomic mass is 9.90. The second-order valence-corrected chi connectivity index (χ2v) is 8.68. The molecule has 1 aliphatic carbocycles. The number of rotatable bonds is 3. The Morgan fingerprint density at radius 1 is 1.04 bits per heavy atom. The van der Waals surface area contributed by atoms with Crippen molar-refractivity contribution in [2.24, 2.45) is 0 Å². The Hall–Kier alpha value is -1.76. The fraction of sp³-hybridized carbons (Fsp3) is 0.524. The van der Waals surface area contributed by atoms with E-state index in [1.165, 1.54) is 54.1 Å². The Balaban J connectivity index is 1.30. The number of nitrogens with zero attached hydrogens (tertiary/aromatic N) is 3. The number of hydrogen-bond acceptors (Lipinski definition) is 6. The van der Waals surface area contributed by atoms with E-state index < -0.39 is 0 Å². The van der Waals surface area contributed by atoms with Crippen molar-refractivity contribution in [2.45, 2.75) is 44.2 Å². The van der Waals surface area contributed by atoms with Gasteiger partial charge in [-0.25, -0.2) is 9.97 Å². The molecule has 2 fully saturated rings. The van der Waals surface area contributed by atoms with E-state index >= 15 is 0 Å². The van der Waals surface area contributed by atoms with Crippen molar-refractivity contribution >= 4 is 37.5 Å². The quantitative estimate of drug-likeness (QED) is 0.732. The van der Waals surface area contributed by atoms with E-state index in [0.717, 1.165) is 36.4 Å². The molecule has 1 aliphatic heterocycles. The van der Waals surface area contributed by atoms with Crippen molar-refractivity contribution in [2.75, 3.05) is 31.6 Å². The third-order valence-electron chi connectivity index (χ3n) is 5.99. The maximum Gasteiger partial charge on any atom is 0.139 e. The zero-order valence-electron chi connectivity index (χ0n) is 15.6. The van der Waals surface area contributed by atoms with Crippen LogP contribution in [0, 0.1) is 0 Å². The van der Waals surface area contributed by atoms with E-state index in [2.05, 4.69) is 44.5 Å². The minimum atomic E-state index is 0.501. The van der Waals surface area contributed by atoms with Crippen molar-refractivity contribution < 1.29 is 4.74 Å². The number of thiophene rings is 1. The minimum absolute atomic E-state index is 0.501. The zero-order chi connectivity index (χ0) is 18.1. The highest BCUT2D eigenvalue weighted by atomic mass is 32.1. The second-order valence-electron chi connectivity index (χ2n) is 7.65. The van der Waals surface area contributed by atoms with E-state index in [0.29, 0.717) is 6.04 Å². The molecule has 3 aromatic rings. The molecule has 27 heavy (non-hydrogen) atoms. The molecule has 0 spiro atoms. The lowest BCUT2D eigenvalue weighted by Gasteiger charge is -2.36. The topological polar surface area (TPSA) is 50.3 Å². The van der Waals surface area contributed by atoms with Gasteiger partial charge in [0.15, 0.2) is 0 Å². The van der Waals surface area contributed by atoms with Gasteiger partial charge in [0.25, 0.3) is 0 Å². The van der Waals surface area contributed by atoms with Gasteiger partial charge in [-0.15, -0.1) is 11.3 Å². The standard InChI is InChI=1S/C21H26N4OS/c1-2-5-18-17(4-1)19-20(22-14-23-21(19)27-18)24-15-6-8-16(9-7-15)25-10-3-12-26-13-11-25/h1-2,4-5,14-16H,3,6-13H2,(H,22,23,24)/t15-,16-. The summed E-state index contributed by atoms with van der Waals surface area (Å²) >= 11 is 1.75. The summed E-state index contributed by atoms with van der Waals surface area (Å²) in [6.07, 6.45) is 7.79. The maximum atomic E-state index is 5.62. The van der Waals surface area contributed by atoms with E-state index in [4.69, 9.17) is 4.74 Å². The molecule has 1 N–H and O–H groups in total. The number of ether oxygens (including phenoxy) is 1. The molecule has 2 aromatic heterocycles. The van der Waals surface area contributed by atoms with Crippen molar-refractivity contribution in [3.8, 4) is 0 Å². The van der Waals surface area contributed by atoms with Crippen LogP contribution in [-0.4, -0.2) is 53.3 Å². The Morgan fingerprint density at radius 3 is 2.85 bits per heavy atom. The molecule has 2 aliphatic rings. The number of benzene rings is 1. The van der Waals surface area contributed by atoms with Gasteiger partial charge in [-0.05, 0) is 38.2 Å². The zero-order valence-corrected chi connectivity index (χ0v) is 16.4. The van der Waals surface area contributed by atoms with Crippen LogP contribution in [0.1, 0.15) is 32.1 Å². The monoisotopic (exact) mass is 382 g/mol. The van der Waals surface area contributed by atoms with E-state index in [1.54, 1.807) is 17.7 Å². The Bertz CT molecular complexity index is 911. The van der Waals surface area contributed by atoms with Crippen molar-refractivity contribution in [3.05, 3.63) is 30.6 Å². The largest absolute Gasteiger partial charge is 0.380 e. The van der Waals surface area contributed by atoms with E-state index in [9.17, 15) is 0 Å². The Labute approximate surface area is 163 Å². The molecule has 142 valence electrons. The van der Waals surface area contributed by atoms with Gasteiger partial charge in [-0.1, -0.05) is 18.2 Å². The fourth-order valence-corrected chi connectivity index (χ4v) is 5.62. The van der Waals surface area contributed by atoms with Gasteiger partial charge in [0.2, 0.25) is 0 Å². The Kier molecular flexibility index (Phi) is 4.95. The predicted octanol–water partition coefficient (Wildman–Crippen LogP) is 4.29. The van der Waals surface area contributed by atoms with Crippen molar-refractivity contribution in [3.63, 3.8) is 0 Å². The summed E-state index contributed by atoms with van der Waals surface area (Å²) in [6.45, 7) is 4.10. The SMILES string of the molecule is c1ccc2c(c1)sc1ncnc(N[C@H]3CC[C@H](N4CCCOCC4)CC3)c12. The van der Waals surface area contributed by atoms with Gasteiger partial charge < -0.3 is 10.1 Å². The van der Waals surface area contributed by atoms with Crippen molar-refractivity contribution in [1.82, 2.24) is 14.9 Å². The first kappa shape index (κ1) is 17.3. The molecule has 0 amide bonds. The summed E-state index contributed by atoms with van der Waals surface area (Å²) in [5.41, 5.74) is 0. The highest BCUT2D eigenvalue weighted by molar-refractivity contribution is 7.25. The van der Waals surface area contributed by atoms with Crippen molar-refractivity contribution in [1.29, 1.82) is 0 Å². The minimum Gasteiger partial charge on any atom is -0.380 e. The smallest absolute Gasteiger partial charge is 0.139 e. The number of anilines is 1. The van der Waals surface area contributed by atoms with E-state index in [1.807, 2.05) is 0 Å². The van der Waals surface area contributed by atoms with Gasteiger partial charge in [0.1, 0.15) is 17.0 Å². The van der Waals surface area contributed by atoms with Gasteiger partial charge in [0, 0.05) is 41.9 Å². The average molecular weight is 383 g/mol. The van der Waals surface area contributed by atoms with E-state index in [-0.39, 0.29) is 0 Å². The van der Waals surface area contributed by atoms with Crippen LogP contribution in [0.25, 0.3) is 20.3 Å². The fourth-order valence-electron chi connectivity index (χ4n) is 4.57. The highest BCUT2D eigenvalue weighted by Gasteiger charge is 2.27. The third kappa shape index (κ3) is 3.53. The average Bonchev–Trinajstić information content (AvgIpc) is 2.88. The van der Waals surface area contributed by atoms with Crippen LogP contribution in [0.2, 0.25) is 0 Å². The number of aromatic nitrogens is 2. The number of fused-ring (bicyclic) bond motifs is 3. The normalized spacial score (nSPS) is 24.9. The first-order chi connectivity index (χ1) is 13.4. The molecule has 3 heterocycles. The molecule has 5 nitrogen and oxygen atoms in total. The third-order valence-corrected chi connectivity index (χ3v) is 7.07. The second kappa shape index (κ2) is 7.70. The maximum absolute atomic E-state index is 5.62. The molecule has 0 unspecified atom stereocenters. The molecular formula is C21H26N4OS. The van der Waals surface area contributed by atoms with Crippen LogP contribution in [0.4, 0.5) is 5.82 Å². The van der Waals surface area contributed by atoms with Gasteiger partial charge in [-0.3, -0.25) is 4.90 Å². The summed E-state index contributed by atoms with van der Waals surface area (Å²) in [4.78, 5) is 12.8. The number of hydrogen-bond donors (Lipinski definition) is 1. The highest BCUT2D eigenvalue weighted by Crippen LogP contribution is 2.36. The lowest BCUT2D eigenvalue weighted by Crippen LogP contribution is -2.41. The molecule has 1 saturated heterocycles. The molecular weight excluding hydrogens is 356 g/mol. The first-order valence-electron chi connectivity index (χ1n) is 10.1. The van der Waals surface area contributed by atoms with Crippen LogP contribution in [0.5, 0.6) is 0 Å². The summed E-state index contributed by atoms with van der Waals surface area (Å²) in [5.74, 6) is 1.00. The van der Waals surface area contributed by atoms with Crippen LogP contribution in [0.15, 0.2) is 30.6 Å². The van der Waals surface area contributed by atoms with Gasteiger partial charge in [-0.2, -0.15) is 0 Å². The first-order valence-corrected chi connectivity index (χ1v) is 10.9. The number of nitrogens with one attached hydrogen (secondary N) is 1.